The molecule has 11 heteroatoms. The summed E-state index contributed by atoms with van der Waals surface area (Å²) in [6.07, 6.45) is 2.42. The number of nitrogens with one attached hydrogen (secondary N) is 3. The minimum absolute atomic E-state index is 0.123. The van der Waals surface area contributed by atoms with Crippen molar-refractivity contribution in [1.29, 1.82) is 0 Å². The summed E-state index contributed by atoms with van der Waals surface area (Å²) in [5, 5.41) is 13.1. The Balaban J connectivity index is 1.18. The van der Waals surface area contributed by atoms with E-state index in [1.54, 1.807) is 6.07 Å². The number of carbonyl (C=O) groups excluding carboxylic acids is 1. The average Bonchev–Trinajstić information content (AvgIpc) is 3.51. The number of sulfone groups is 1. The topological polar surface area (TPSA) is 122 Å². The molecular weight excluding hydrogens is 451 g/mol. The molecule has 0 spiro atoms. The highest BCUT2D eigenvalue weighted by atomic mass is 32.2. The van der Waals surface area contributed by atoms with E-state index in [1.807, 2.05) is 13.0 Å². The minimum Gasteiger partial charge on any atom is -0.446 e. The standard InChI is InChI=1S/C22H27FN4O5S/c1-22(6-7-31-12-22)25-21(28)32-15-4-2-13(8-15)18-9-19(27-26-18)24-17-5-3-14-10-33(29,30)11-16(14)20(17)23/h3,5,9,13,15H,2,4,6-8,10-12H2,1H3,(H,25,28)(H2,24,26,27)/t13-,15+,22?/m1/s1. The van der Waals surface area contributed by atoms with Crippen LogP contribution >= 0.6 is 0 Å². The maximum absolute atomic E-state index is 14.8. The average molecular weight is 479 g/mol. The molecule has 3 atom stereocenters. The van der Waals surface area contributed by atoms with Crippen LogP contribution in [0.25, 0.3) is 0 Å². The molecule has 3 aliphatic rings. The first kappa shape index (κ1) is 22.1. The van der Waals surface area contributed by atoms with Gasteiger partial charge in [-0.2, -0.15) is 5.10 Å². The Morgan fingerprint density at radius 2 is 2.18 bits per heavy atom. The maximum atomic E-state index is 14.8. The molecule has 2 fully saturated rings. The molecule has 1 aromatic heterocycles. The van der Waals surface area contributed by atoms with Crippen LogP contribution < -0.4 is 10.6 Å². The van der Waals surface area contributed by atoms with Crippen LogP contribution in [0.5, 0.6) is 0 Å². The molecule has 0 bridgehead atoms. The Labute approximate surface area is 191 Å². The highest BCUT2D eigenvalue weighted by Crippen LogP contribution is 2.37. The largest absolute Gasteiger partial charge is 0.446 e. The van der Waals surface area contributed by atoms with Crippen LogP contribution in [0.4, 0.5) is 20.7 Å². The summed E-state index contributed by atoms with van der Waals surface area (Å²) in [5.74, 6) is -0.368. The van der Waals surface area contributed by atoms with Gasteiger partial charge in [-0.05, 0) is 44.2 Å². The van der Waals surface area contributed by atoms with Crippen LogP contribution in [0, 0.1) is 5.82 Å². The fourth-order valence-electron chi connectivity index (χ4n) is 4.83. The van der Waals surface area contributed by atoms with E-state index in [4.69, 9.17) is 9.47 Å². The van der Waals surface area contributed by atoms with E-state index in [-0.39, 0.29) is 40.3 Å². The number of alkyl carbamates (subject to hydrolysis) is 1. The molecule has 0 radical (unpaired) electrons. The van der Waals surface area contributed by atoms with E-state index in [9.17, 15) is 17.6 Å². The fraction of sp³-hybridized carbons (Fsp3) is 0.545. The first-order valence-electron chi connectivity index (χ1n) is 11.1. The number of benzene rings is 1. The lowest BCUT2D eigenvalue weighted by Crippen LogP contribution is -2.47. The number of nitrogens with zero attached hydrogens (tertiary/aromatic N) is 1. The lowest BCUT2D eigenvalue weighted by Gasteiger charge is -2.24. The zero-order chi connectivity index (χ0) is 23.2. The number of rotatable bonds is 5. The summed E-state index contributed by atoms with van der Waals surface area (Å²) in [5.41, 5.74) is 1.43. The van der Waals surface area contributed by atoms with Gasteiger partial charge in [0, 0.05) is 29.8 Å². The van der Waals surface area contributed by atoms with Crippen LogP contribution in [-0.4, -0.2) is 49.6 Å². The third-order valence-corrected chi connectivity index (χ3v) is 8.14. The highest BCUT2D eigenvalue weighted by molar-refractivity contribution is 7.90. The lowest BCUT2D eigenvalue weighted by molar-refractivity contribution is 0.0883. The van der Waals surface area contributed by atoms with Gasteiger partial charge >= 0.3 is 6.09 Å². The first-order chi connectivity index (χ1) is 15.7. The van der Waals surface area contributed by atoms with Gasteiger partial charge in [0.15, 0.2) is 21.5 Å². The van der Waals surface area contributed by atoms with Gasteiger partial charge in [-0.1, -0.05) is 6.07 Å². The van der Waals surface area contributed by atoms with Gasteiger partial charge in [-0.3, -0.25) is 5.10 Å². The molecule has 1 amide bonds. The SMILES string of the molecule is CC1(NC(=O)O[C@H]2CC[C@@H](c3cc(Nc4ccc5c(c4F)CS(=O)(=O)C5)n[nH]3)C2)CCOC1. The Hall–Kier alpha value is -2.66. The molecule has 9 nitrogen and oxygen atoms in total. The molecule has 3 heterocycles. The van der Waals surface area contributed by atoms with Gasteiger partial charge in [-0.15, -0.1) is 0 Å². The molecule has 1 saturated heterocycles. The van der Waals surface area contributed by atoms with Crippen molar-refractivity contribution in [2.75, 3.05) is 18.5 Å². The first-order valence-corrected chi connectivity index (χ1v) is 12.9. The van der Waals surface area contributed by atoms with E-state index in [0.29, 0.717) is 31.0 Å². The van der Waals surface area contributed by atoms with Crippen molar-refractivity contribution < 1.29 is 27.1 Å². The van der Waals surface area contributed by atoms with Gasteiger partial charge in [0.25, 0.3) is 0 Å². The number of ether oxygens (including phenoxy) is 2. The van der Waals surface area contributed by atoms with E-state index in [0.717, 1.165) is 25.0 Å². The molecule has 2 aromatic rings. The summed E-state index contributed by atoms with van der Waals surface area (Å²) < 4.78 is 49.4. The van der Waals surface area contributed by atoms with Gasteiger partial charge in [-0.25, -0.2) is 17.6 Å². The molecule has 1 aliphatic carbocycles. The van der Waals surface area contributed by atoms with Crippen LogP contribution in [-0.2, 0) is 30.8 Å². The van der Waals surface area contributed by atoms with E-state index >= 15 is 0 Å². The molecule has 2 aliphatic heterocycles. The number of carbonyl (C=O) groups is 1. The Kier molecular flexibility index (Phi) is 5.56. The number of anilines is 2. The zero-order valence-corrected chi connectivity index (χ0v) is 19.1. The van der Waals surface area contributed by atoms with E-state index in [1.165, 1.54) is 6.07 Å². The van der Waals surface area contributed by atoms with Crippen molar-refractivity contribution >= 4 is 27.4 Å². The second kappa shape index (κ2) is 8.28. The predicted molar refractivity (Wildman–Crippen MR) is 118 cm³/mol. The number of hydrogen-bond donors (Lipinski definition) is 3. The molecule has 1 unspecified atom stereocenters. The fourth-order valence-corrected chi connectivity index (χ4v) is 6.43. The normalized spacial score (nSPS) is 27.9. The molecule has 3 N–H and O–H groups in total. The number of H-pyrrole nitrogens is 1. The summed E-state index contributed by atoms with van der Waals surface area (Å²) in [7, 11) is -3.28. The number of aromatic nitrogens is 2. The molecule has 1 aromatic carbocycles. The second-order valence-corrected chi connectivity index (χ2v) is 11.5. The van der Waals surface area contributed by atoms with Crippen LogP contribution in [0.2, 0.25) is 0 Å². The third kappa shape index (κ3) is 4.70. The maximum Gasteiger partial charge on any atom is 0.407 e. The van der Waals surface area contributed by atoms with Crippen LogP contribution in [0.15, 0.2) is 18.2 Å². The van der Waals surface area contributed by atoms with Crippen molar-refractivity contribution in [2.24, 2.45) is 0 Å². The van der Waals surface area contributed by atoms with E-state index in [2.05, 4.69) is 20.8 Å². The Bertz CT molecular complexity index is 1180. The van der Waals surface area contributed by atoms with E-state index < -0.39 is 21.7 Å². The lowest BCUT2D eigenvalue weighted by atomic mass is 10.0. The van der Waals surface area contributed by atoms with Gasteiger partial charge < -0.3 is 20.1 Å². The minimum atomic E-state index is -3.28. The quantitative estimate of drug-likeness (QED) is 0.603. The van der Waals surface area contributed by atoms with Crippen molar-refractivity contribution in [2.45, 2.75) is 61.7 Å². The second-order valence-electron chi connectivity index (χ2n) is 9.46. The van der Waals surface area contributed by atoms with Gasteiger partial charge in [0.05, 0.1) is 29.3 Å². The summed E-state index contributed by atoms with van der Waals surface area (Å²) in [4.78, 5) is 12.3. The highest BCUT2D eigenvalue weighted by Gasteiger charge is 2.35. The molecule has 1 saturated carbocycles. The Morgan fingerprint density at radius 3 is 2.97 bits per heavy atom. The number of aromatic amines is 1. The number of fused-ring (bicyclic) bond motifs is 1. The van der Waals surface area contributed by atoms with Gasteiger partial charge in [0.2, 0.25) is 0 Å². The number of amides is 1. The zero-order valence-electron chi connectivity index (χ0n) is 18.3. The molecule has 5 rings (SSSR count). The Morgan fingerprint density at radius 1 is 1.33 bits per heavy atom. The summed E-state index contributed by atoms with van der Waals surface area (Å²) in [6.45, 7) is 3.06. The number of halogens is 1. The summed E-state index contributed by atoms with van der Waals surface area (Å²) >= 11 is 0. The van der Waals surface area contributed by atoms with Crippen LogP contribution in [0.1, 0.15) is 55.3 Å². The van der Waals surface area contributed by atoms with Crippen molar-refractivity contribution in [3.8, 4) is 0 Å². The third-order valence-electron chi connectivity index (χ3n) is 6.66. The number of hydrogen-bond acceptors (Lipinski definition) is 7. The molecule has 33 heavy (non-hydrogen) atoms. The smallest absolute Gasteiger partial charge is 0.407 e. The van der Waals surface area contributed by atoms with Crippen molar-refractivity contribution in [3.05, 3.63) is 40.8 Å². The van der Waals surface area contributed by atoms with Crippen molar-refractivity contribution in [3.63, 3.8) is 0 Å². The van der Waals surface area contributed by atoms with Crippen molar-refractivity contribution in [1.82, 2.24) is 15.5 Å². The monoisotopic (exact) mass is 478 g/mol. The predicted octanol–water partition coefficient (Wildman–Crippen LogP) is 3.26. The van der Waals surface area contributed by atoms with Crippen LogP contribution in [0.3, 0.4) is 0 Å². The molecular formula is C22H27FN4O5S. The van der Waals surface area contributed by atoms with Gasteiger partial charge in [0.1, 0.15) is 6.10 Å². The molecule has 178 valence electrons. The summed E-state index contributed by atoms with van der Waals surface area (Å²) in [6, 6.07) is 4.99.